The minimum absolute atomic E-state index is 0.280. The molecule has 3 aromatic rings. The normalized spacial score (nSPS) is 12.0. The van der Waals surface area contributed by atoms with Crippen molar-refractivity contribution in [3.63, 3.8) is 0 Å². The fourth-order valence-electron chi connectivity index (χ4n) is 2.32. The maximum absolute atomic E-state index is 13.5. The second-order valence-corrected chi connectivity index (χ2v) is 5.46. The lowest BCUT2D eigenvalue weighted by Crippen LogP contribution is -2.37. The van der Waals surface area contributed by atoms with Gasteiger partial charge in [0.25, 0.3) is 0 Å². The van der Waals surface area contributed by atoms with Gasteiger partial charge in [-0.3, -0.25) is 9.59 Å². The van der Waals surface area contributed by atoms with E-state index in [-0.39, 0.29) is 5.69 Å². The molecule has 0 aliphatic carbocycles. The first-order valence-corrected chi connectivity index (χ1v) is 7.49. The third-order valence-electron chi connectivity index (χ3n) is 3.60. The molecule has 2 aromatic carbocycles. The van der Waals surface area contributed by atoms with E-state index in [2.05, 4.69) is 10.6 Å². The van der Waals surface area contributed by atoms with Crippen molar-refractivity contribution < 1.29 is 22.8 Å². The van der Waals surface area contributed by atoms with Crippen molar-refractivity contribution >= 4 is 28.5 Å². The maximum atomic E-state index is 13.5. The number of fused-ring (bicyclic) bond motifs is 1. The number of carbonyl (C=O) groups is 2. The highest BCUT2D eigenvalue weighted by Crippen LogP contribution is 2.23. The van der Waals surface area contributed by atoms with Crippen LogP contribution in [0, 0.1) is 11.6 Å². The van der Waals surface area contributed by atoms with Crippen LogP contribution >= 0.6 is 0 Å². The molecule has 0 radical (unpaired) electrons. The minimum Gasteiger partial charge on any atom is -0.459 e. The molecule has 1 aromatic heterocycles. The number of hydrogen-bond acceptors (Lipinski definition) is 3. The molecular formula is C18H14F2N2O3. The fraction of sp³-hybridized carbons (Fsp3) is 0.111. The summed E-state index contributed by atoms with van der Waals surface area (Å²) in [4.78, 5) is 23.8. The lowest BCUT2D eigenvalue weighted by atomic mass is 10.2. The number of furan rings is 1. The minimum atomic E-state index is -1.06. The Morgan fingerprint density at radius 2 is 1.80 bits per heavy atom. The molecule has 2 amide bonds. The van der Waals surface area contributed by atoms with Crippen molar-refractivity contribution in [2.75, 3.05) is 5.32 Å². The van der Waals surface area contributed by atoms with E-state index in [0.717, 1.165) is 17.5 Å². The van der Waals surface area contributed by atoms with Crippen molar-refractivity contribution in [1.29, 1.82) is 0 Å². The first-order chi connectivity index (χ1) is 11.9. The van der Waals surface area contributed by atoms with E-state index in [1.807, 2.05) is 18.2 Å². The molecular weight excluding hydrogens is 330 g/mol. The third-order valence-corrected chi connectivity index (χ3v) is 3.60. The average Bonchev–Trinajstić information content (AvgIpc) is 3.01. The van der Waals surface area contributed by atoms with E-state index < -0.39 is 29.5 Å². The molecule has 3 rings (SSSR count). The van der Waals surface area contributed by atoms with Gasteiger partial charge in [0.1, 0.15) is 23.0 Å². The molecule has 1 heterocycles. The van der Waals surface area contributed by atoms with Crippen LogP contribution in [0.4, 0.5) is 14.5 Å². The van der Waals surface area contributed by atoms with Gasteiger partial charge in [-0.25, -0.2) is 8.78 Å². The molecule has 5 nitrogen and oxygen atoms in total. The van der Waals surface area contributed by atoms with Crippen molar-refractivity contribution in [3.05, 3.63) is 65.9 Å². The Balaban J connectivity index is 1.67. The van der Waals surface area contributed by atoms with Gasteiger partial charge < -0.3 is 15.1 Å². The molecule has 0 aliphatic rings. The summed E-state index contributed by atoms with van der Waals surface area (Å²) in [5, 5.41) is 5.44. The van der Waals surface area contributed by atoms with Crippen LogP contribution < -0.4 is 10.6 Å². The Labute approximate surface area is 141 Å². The van der Waals surface area contributed by atoms with Crippen molar-refractivity contribution in [2.45, 2.75) is 13.0 Å². The molecule has 1 atom stereocenters. The van der Waals surface area contributed by atoms with Crippen LogP contribution in [0.3, 0.4) is 0 Å². The van der Waals surface area contributed by atoms with Gasteiger partial charge in [0.15, 0.2) is 0 Å². The van der Waals surface area contributed by atoms with Crippen LogP contribution in [-0.2, 0) is 9.59 Å². The first kappa shape index (κ1) is 16.6. The van der Waals surface area contributed by atoms with E-state index in [1.54, 1.807) is 19.1 Å². The van der Waals surface area contributed by atoms with Gasteiger partial charge in [-0.1, -0.05) is 18.2 Å². The highest BCUT2D eigenvalue weighted by molar-refractivity contribution is 6.39. The van der Waals surface area contributed by atoms with Crippen LogP contribution in [0.15, 0.2) is 52.9 Å². The summed E-state index contributed by atoms with van der Waals surface area (Å²) in [5.41, 5.74) is 0.384. The first-order valence-electron chi connectivity index (χ1n) is 7.49. The summed E-state index contributed by atoms with van der Waals surface area (Å²) in [6.07, 6.45) is 0. The SMILES string of the molecule is CC(NC(=O)C(=O)Nc1ccc(F)cc1F)c1cc2ccccc2o1. The maximum Gasteiger partial charge on any atom is 0.313 e. The van der Waals surface area contributed by atoms with Gasteiger partial charge in [-0.2, -0.15) is 0 Å². The van der Waals surface area contributed by atoms with Crippen molar-refractivity contribution in [2.24, 2.45) is 0 Å². The van der Waals surface area contributed by atoms with Crippen LogP contribution in [0.5, 0.6) is 0 Å². The highest BCUT2D eigenvalue weighted by atomic mass is 19.1. The van der Waals surface area contributed by atoms with Crippen molar-refractivity contribution in [1.82, 2.24) is 5.32 Å². The number of amides is 2. The van der Waals surface area contributed by atoms with Gasteiger partial charge in [0.2, 0.25) is 0 Å². The quantitative estimate of drug-likeness (QED) is 0.714. The standard InChI is InChI=1S/C18H14F2N2O3/c1-10(16-8-11-4-2-3-5-15(11)25-16)21-17(23)18(24)22-14-7-6-12(19)9-13(14)20/h2-10H,1H3,(H,21,23)(H,22,24). The summed E-state index contributed by atoms with van der Waals surface area (Å²) in [7, 11) is 0. The molecule has 7 heteroatoms. The molecule has 0 spiro atoms. The molecule has 0 fully saturated rings. The summed E-state index contributed by atoms with van der Waals surface area (Å²) in [5.74, 6) is -3.29. The van der Waals surface area contributed by atoms with Crippen LogP contribution in [-0.4, -0.2) is 11.8 Å². The van der Waals surface area contributed by atoms with Crippen LogP contribution in [0.25, 0.3) is 11.0 Å². The summed E-state index contributed by atoms with van der Waals surface area (Å²) in [6.45, 7) is 1.65. The largest absolute Gasteiger partial charge is 0.459 e. The van der Waals surface area contributed by atoms with Gasteiger partial charge in [-0.15, -0.1) is 0 Å². The fourth-order valence-corrected chi connectivity index (χ4v) is 2.32. The van der Waals surface area contributed by atoms with Crippen LogP contribution in [0.2, 0.25) is 0 Å². The molecule has 25 heavy (non-hydrogen) atoms. The highest BCUT2D eigenvalue weighted by Gasteiger charge is 2.20. The summed E-state index contributed by atoms with van der Waals surface area (Å²) < 4.78 is 32.0. The predicted octanol–water partition coefficient (Wildman–Crippen LogP) is 3.53. The number of benzene rings is 2. The molecule has 0 saturated heterocycles. The van der Waals surface area contributed by atoms with E-state index in [0.29, 0.717) is 17.4 Å². The lowest BCUT2D eigenvalue weighted by Gasteiger charge is -2.11. The van der Waals surface area contributed by atoms with Crippen LogP contribution in [0.1, 0.15) is 18.7 Å². The molecule has 2 N–H and O–H groups in total. The third kappa shape index (κ3) is 3.65. The van der Waals surface area contributed by atoms with Gasteiger partial charge in [0.05, 0.1) is 11.7 Å². The Kier molecular flexibility index (Phi) is 4.47. The van der Waals surface area contributed by atoms with Gasteiger partial charge in [0, 0.05) is 11.5 Å². The molecule has 128 valence electrons. The number of carbonyl (C=O) groups excluding carboxylic acids is 2. The molecule has 0 saturated carbocycles. The average molecular weight is 344 g/mol. The number of rotatable bonds is 3. The van der Waals surface area contributed by atoms with Gasteiger partial charge >= 0.3 is 11.8 Å². The Hall–Kier alpha value is -3.22. The van der Waals surface area contributed by atoms with E-state index in [1.165, 1.54) is 0 Å². The number of nitrogens with one attached hydrogen (secondary N) is 2. The van der Waals surface area contributed by atoms with E-state index in [9.17, 15) is 18.4 Å². The lowest BCUT2D eigenvalue weighted by molar-refractivity contribution is -0.136. The smallest absolute Gasteiger partial charge is 0.313 e. The van der Waals surface area contributed by atoms with Gasteiger partial charge in [-0.05, 0) is 31.2 Å². The predicted molar refractivity (Wildman–Crippen MR) is 87.8 cm³/mol. The second-order valence-electron chi connectivity index (χ2n) is 5.46. The van der Waals surface area contributed by atoms with E-state index >= 15 is 0 Å². The molecule has 1 unspecified atom stereocenters. The number of anilines is 1. The zero-order valence-corrected chi connectivity index (χ0v) is 13.2. The second kappa shape index (κ2) is 6.72. The summed E-state index contributed by atoms with van der Waals surface area (Å²) >= 11 is 0. The zero-order valence-electron chi connectivity index (χ0n) is 13.2. The monoisotopic (exact) mass is 344 g/mol. The Morgan fingerprint density at radius 1 is 1.04 bits per heavy atom. The molecule has 0 bridgehead atoms. The summed E-state index contributed by atoms with van der Waals surface area (Å²) in [6, 6.07) is 11.2. The molecule has 0 aliphatic heterocycles. The zero-order chi connectivity index (χ0) is 18.0. The Morgan fingerprint density at radius 3 is 2.52 bits per heavy atom. The Bertz CT molecular complexity index is 919. The van der Waals surface area contributed by atoms with E-state index in [4.69, 9.17) is 4.42 Å². The van der Waals surface area contributed by atoms with Crippen molar-refractivity contribution in [3.8, 4) is 0 Å². The number of hydrogen-bond donors (Lipinski definition) is 2. The number of para-hydroxylation sites is 1. The topological polar surface area (TPSA) is 71.3 Å². The number of halogens is 2.